The summed E-state index contributed by atoms with van der Waals surface area (Å²) >= 11 is 4.48. The summed E-state index contributed by atoms with van der Waals surface area (Å²) in [5.74, 6) is 0. The smallest absolute Gasteiger partial charge is 0.244 e. The number of rotatable bonds is 5. The van der Waals surface area contributed by atoms with Crippen molar-refractivity contribution in [3.05, 3.63) is 14.7 Å². The van der Waals surface area contributed by atoms with Gasteiger partial charge in [0, 0.05) is 25.1 Å². The molecule has 0 amide bonds. The van der Waals surface area contributed by atoms with Crippen molar-refractivity contribution in [2.24, 2.45) is 0 Å². The first-order chi connectivity index (χ1) is 8.95. The molecule has 2 heterocycles. The van der Waals surface area contributed by atoms with Crippen LogP contribution in [0.25, 0.3) is 0 Å². The van der Waals surface area contributed by atoms with Crippen LogP contribution in [-0.4, -0.2) is 44.1 Å². The van der Waals surface area contributed by atoms with Crippen LogP contribution in [0.1, 0.15) is 17.7 Å². The van der Waals surface area contributed by atoms with E-state index in [1.165, 1.54) is 21.7 Å². The zero-order chi connectivity index (χ0) is 14.0. The van der Waals surface area contributed by atoms with Crippen molar-refractivity contribution in [1.82, 2.24) is 4.31 Å². The molecule has 0 aromatic carbocycles. The maximum atomic E-state index is 12.4. The van der Waals surface area contributed by atoms with Gasteiger partial charge in [0.2, 0.25) is 10.0 Å². The minimum absolute atomic E-state index is 0.0190. The Morgan fingerprint density at radius 3 is 2.89 bits per heavy atom. The number of nitrogens with zero attached hydrogens (tertiary/aromatic N) is 1. The van der Waals surface area contributed by atoms with Crippen LogP contribution in [0, 0.1) is 0 Å². The van der Waals surface area contributed by atoms with Gasteiger partial charge in [-0.3, -0.25) is 0 Å². The Kier molecular flexibility index (Phi) is 5.02. The lowest BCUT2D eigenvalue weighted by atomic mass is 10.2. The summed E-state index contributed by atoms with van der Waals surface area (Å²) in [6, 6.07) is 1.51. The van der Waals surface area contributed by atoms with Gasteiger partial charge in [0.15, 0.2) is 0 Å². The molecule has 1 aromatic heterocycles. The van der Waals surface area contributed by atoms with Gasteiger partial charge in [-0.2, -0.15) is 4.31 Å². The van der Waals surface area contributed by atoms with Crippen LogP contribution in [0.4, 0.5) is 0 Å². The molecule has 1 atom stereocenters. The molecule has 2 rings (SSSR count). The molecule has 1 N–H and O–H groups in total. The van der Waals surface area contributed by atoms with E-state index in [0.29, 0.717) is 21.8 Å². The molecular formula is C11H16BrNO4S2. The Labute approximate surface area is 125 Å². The van der Waals surface area contributed by atoms with Gasteiger partial charge in [-0.15, -0.1) is 11.3 Å². The molecule has 0 saturated carbocycles. The maximum absolute atomic E-state index is 12.4. The number of hydrogen-bond donors (Lipinski definition) is 1. The molecule has 0 radical (unpaired) electrons. The molecule has 0 bridgehead atoms. The molecule has 1 unspecified atom stereocenters. The van der Waals surface area contributed by atoms with E-state index in [9.17, 15) is 8.42 Å². The highest BCUT2D eigenvalue weighted by Gasteiger charge is 2.28. The Morgan fingerprint density at radius 1 is 1.63 bits per heavy atom. The second-order valence-corrected chi connectivity index (χ2v) is 8.90. The lowest BCUT2D eigenvalue weighted by molar-refractivity contribution is 0.0979. The lowest BCUT2D eigenvalue weighted by Gasteiger charge is -2.20. The van der Waals surface area contributed by atoms with E-state index in [2.05, 4.69) is 15.9 Å². The standard InChI is InChI=1S/C11H16BrNO4S2/c1-13(6-8-3-2-4-17-8)19(15,16)10-5-9(7-14)18-11(10)12/h5,8,14H,2-4,6-7H2,1H3. The summed E-state index contributed by atoms with van der Waals surface area (Å²) in [6.45, 7) is 0.905. The monoisotopic (exact) mass is 369 g/mol. The van der Waals surface area contributed by atoms with Crippen molar-refractivity contribution in [3.8, 4) is 0 Å². The largest absolute Gasteiger partial charge is 0.391 e. The fourth-order valence-corrected chi connectivity index (χ4v) is 5.68. The van der Waals surface area contributed by atoms with E-state index in [1.54, 1.807) is 7.05 Å². The molecule has 1 aliphatic heterocycles. The molecule has 19 heavy (non-hydrogen) atoms. The van der Waals surface area contributed by atoms with Crippen LogP contribution >= 0.6 is 27.3 Å². The van der Waals surface area contributed by atoms with E-state index in [4.69, 9.17) is 9.84 Å². The minimum Gasteiger partial charge on any atom is -0.391 e. The van der Waals surface area contributed by atoms with Gasteiger partial charge in [-0.05, 0) is 34.8 Å². The quantitative estimate of drug-likeness (QED) is 0.859. The molecule has 0 aliphatic carbocycles. The third-order valence-corrected chi connectivity index (χ3v) is 7.10. The molecule has 8 heteroatoms. The Balaban J connectivity index is 2.17. The van der Waals surface area contributed by atoms with Crippen molar-refractivity contribution in [3.63, 3.8) is 0 Å². The maximum Gasteiger partial charge on any atom is 0.244 e. The second kappa shape index (κ2) is 6.19. The van der Waals surface area contributed by atoms with Gasteiger partial charge in [0.05, 0.1) is 16.5 Å². The molecular weight excluding hydrogens is 354 g/mol. The van der Waals surface area contributed by atoms with Crippen LogP contribution in [0.15, 0.2) is 14.7 Å². The number of halogens is 1. The summed E-state index contributed by atoms with van der Waals surface area (Å²) in [7, 11) is -1.99. The number of hydrogen-bond acceptors (Lipinski definition) is 5. The summed E-state index contributed by atoms with van der Waals surface area (Å²) in [5.41, 5.74) is 0. The summed E-state index contributed by atoms with van der Waals surface area (Å²) in [6.07, 6.45) is 1.86. The van der Waals surface area contributed by atoms with Crippen molar-refractivity contribution in [1.29, 1.82) is 0 Å². The van der Waals surface area contributed by atoms with Crippen LogP contribution in [0.5, 0.6) is 0 Å². The fraction of sp³-hybridized carbons (Fsp3) is 0.636. The van der Waals surface area contributed by atoms with Gasteiger partial charge in [-0.25, -0.2) is 8.42 Å². The molecule has 1 aromatic rings. The summed E-state index contributed by atoms with van der Waals surface area (Å²) < 4.78 is 32.2. The molecule has 108 valence electrons. The van der Waals surface area contributed by atoms with Crippen molar-refractivity contribution in [2.45, 2.75) is 30.4 Å². The minimum atomic E-state index is -3.54. The zero-order valence-electron chi connectivity index (χ0n) is 10.5. The molecule has 1 fully saturated rings. The van der Waals surface area contributed by atoms with Crippen LogP contribution < -0.4 is 0 Å². The Bertz CT molecular complexity index is 537. The predicted octanol–water partition coefficient (Wildman–Crippen LogP) is 1.80. The lowest BCUT2D eigenvalue weighted by Crippen LogP contribution is -2.34. The second-order valence-electron chi connectivity index (χ2n) is 4.43. The van der Waals surface area contributed by atoms with E-state index < -0.39 is 10.0 Å². The number of ether oxygens (including phenoxy) is 1. The highest BCUT2D eigenvalue weighted by atomic mass is 79.9. The van der Waals surface area contributed by atoms with Crippen LogP contribution in [-0.2, 0) is 21.4 Å². The molecule has 1 aliphatic rings. The molecule has 1 saturated heterocycles. The van der Waals surface area contributed by atoms with Crippen molar-refractivity contribution >= 4 is 37.3 Å². The topological polar surface area (TPSA) is 66.8 Å². The summed E-state index contributed by atoms with van der Waals surface area (Å²) in [4.78, 5) is 0.831. The van der Waals surface area contributed by atoms with Crippen LogP contribution in [0.2, 0.25) is 0 Å². The number of sulfonamides is 1. The van der Waals surface area contributed by atoms with E-state index >= 15 is 0 Å². The van der Waals surface area contributed by atoms with Gasteiger partial charge in [0.1, 0.15) is 4.90 Å². The summed E-state index contributed by atoms with van der Waals surface area (Å²) in [5, 5.41) is 9.07. The van der Waals surface area contributed by atoms with Crippen molar-refractivity contribution < 1.29 is 18.3 Å². The third-order valence-electron chi connectivity index (χ3n) is 3.04. The van der Waals surface area contributed by atoms with Gasteiger partial charge in [-0.1, -0.05) is 0 Å². The Morgan fingerprint density at radius 2 is 2.37 bits per heavy atom. The molecule has 0 spiro atoms. The van der Waals surface area contributed by atoms with E-state index in [1.807, 2.05) is 0 Å². The average Bonchev–Trinajstić information content (AvgIpc) is 2.98. The van der Waals surface area contributed by atoms with Gasteiger partial charge >= 0.3 is 0 Å². The van der Waals surface area contributed by atoms with Gasteiger partial charge in [0.25, 0.3) is 0 Å². The molecule has 5 nitrogen and oxygen atoms in total. The normalized spacial score (nSPS) is 20.3. The average molecular weight is 370 g/mol. The van der Waals surface area contributed by atoms with E-state index in [0.717, 1.165) is 12.8 Å². The SMILES string of the molecule is CN(CC1CCCO1)S(=O)(=O)c1cc(CO)sc1Br. The first kappa shape index (κ1) is 15.4. The fourth-order valence-electron chi connectivity index (χ4n) is 1.99. The number of aliphatic hydroxyl groups excluding tert-OH is 1. The highest BCUT2D eigenvalue weighted by molar-refractivity contribution is 9.11. The number of likely N-dealkylation sites (N-methyl/N-ethyl adjacent to an activating group) is 1. The van der Waals surface area contributed by atoms with Crippen molar-refractivity contribution in [2.75, 3.05) is 20.2 Å². The zero-order valence-corrected chi connectivity index (χ0v) is 13.7. The van der Waals surface area contributed by atoms with E-state index in [-0.39, 0.29) is 17.6 Å². The third kappa shape index (κ3) is 3.37. The van der Waals surface area contributed by atoms with Crippen LogP contribution in [0.3, 0.4) is 0 Å². The first-order valence-corrected chi connectivity index (χ1v) is 8.97. The van der Waals surface area contributed by atoms with Gasteiger partial charge < -0.3 is 9.84 Å². The first-order valence-electron chi connectivity index (χ1n) is 5.92. The number of aliphatic hydroxyl groups is 1. The highest BCUT2D eigenvalue weighted by Crippen LogP contribution is 2.33. The number of thiophene rings is 1. The Hall–Kier alpha value is 0.01000. The predicted molar refractivity (Wildman–Crippen MR) is 76.7 cm³/mol.